The number of carbonyl (C=O) groups is 1. The van der Waals surface area contributed by atoms with E-state index in [2.05, 4.69) is 44.0 Å². The van der Waals surface area contributed by atoms with Gasteiger partial charge in [-0.25, -0.2) is 4.98 Å². The lowest BCUT2D eigenvalue weighted by Gasteiger charge is -2.36. The molecule has 0 saturated heterocycles. The maximum absolute atomic E-state index is 13.4. The van der Waals surface area contributed by atoms with Crippen LogP contribution >= 0.6 is 11.6 Å². The second kappa shape index (κ2) is 11.4. The molecule has 0 saturated carbocycles. The van der Waals surface area contributed by atoms with E-state index in [-0.39, 0.29) is 11.9 Å². The van der Waals surface area contributed by atoms with Gasteiger partial charge in [0.25, 0.3) is 0 Å². The molecule has 6 nitrogen and oxygen atoms in total. The van der Waals surface area contributed by atoms with Crippen molar-refractivity contribution in [3.8, 4) is 6.07 Å². The van der Waals surface area contributed by atoms with Crippen molar-refractivity contribution in [2.45, 2.75) is 38.5 Å². The Morgan fingerprint density at radius 3 is 2.46 bits per heavy atom. The predicted octanol–water partition coefficient (Wildman–Crippen LogP) is 4.74. The van der Waals surface area contributed by atoms with Crippen molar-refractivity contribution in [3.63, 3.8) is 0 Å². The van der Waals surface area contributed by atoms with Gasteiger partial charge in [-0.3, -0.25) is 9.69 Å². The third-order valence-corrected chi connectivity index (χ3v) is 7.11. The zero-order chi connectivity index (χ0) is 25.6. The first-order chi connectivity index (χ1) is 18.1. The van der Waals surface area contributed by atoms with Crippen molar-refractivity contribution in [1.29, 1.82) is 5.26 Å². The summed E-state index contributed by atoms with van der Waals surface area (Å²) in [6.07, 6.45) is 5.02. The van der Waals surface area contributed by atoms with Crippen LogP contribution < -0.4 is 5.32 Å². The van der Waals surface area contributed by atoms with Crippen LogP contribution in [0.3, 0.4) is 0 Å². The highest BCUT2D eigenvalue weighted by Crippen LogP contribution is 2.25. The Bertz CT molecular complexity index is 1410. The average Bonchev–Trinajstić information content (AvgIpc) is 3.36. The van der Waals surface area contributed by atoms with E-state index in [1.165, 1.54) is 11.1 Å². The van der Waals surface area contributed by atoms with E-state index >= 15 is 0 Å². The molecule has 0 aliphatic carbocycles. The molecule has 1 aromatic heterocycles. The molecule has 4 aromatic rings. The molecule has 0 fully saturated rings. The Labute approximate surface area is 222 Å². The number of fused-ring (bicyclic) bond motifs is 1. The molecule has 2 heterocycles. The maximum atomic E-state index is 13.4. The van der Waals surface area contributed by atoms with Crippen LogP contribution in [0.2, 0.25) is 5.02 Å². The first-order valence-corrected chi connectivity index (χ1v) is 12.8. The van der Waals surface area contributed by atoms with Crippen molar-refractivity contribution >= 4 is 17.5 Å². The number of nitriles is 1. The first-order valence-electron chi connectivity index (χ1n) is 12.4. The summed E-state index contributed by atoms with van der Waals surface area (Å²) in [6.45, 7) is 2.61. The van der Waals surface area contributed by atoms with Gasteiger partial charge in [0.05, 0.1) is 24.0 Å². The third kappa shape index (κ3) is 6.08. The Morgan fingerprint density at radius 2 is 1.70 bits per heavy atom. The summed E-state index contributed by atoms with van der Waals surface area (Å²) in [5.41, 5.74) is 6.43. The number of hydrogen-bond acceptors (Lipinski definition) is 4. The Kier molecular flexibility index (Phi) is 7.65. The lowest BCUT2D eigenvalue weighted by atomic mass is 9.93. The van der Waals surface area contributed by atoms with E-state index in [4.69, 9.17) is 16.9 Å². The highest BCUT2D eigenvalue weighted by molar-refractivity contribution is 6.30. The van der Waals surface area contributed by atoms with Gasteiger partial charge in [0.15, 0.2) is 0 Å². The number of amides is 1. The van der Waals surface area contributed by atoms with Crippen LogP contribution in [0, 0.1) is 11.3 Å². The molecule has 1 aliphatic heterocycles. The number of aromatic nitrogens is 2. The van der Waals surface area contributed by atoms with Crippen molar-refractivity contribution in [2.24, 2.45) is 0 Å². The molecule has 5 rings (SSSR count). The fourth-order valence-corrected chi connectivity index (χ4v) is 4.96. The second-order valence-corrected chi connectivity index (χ2v) is 9.82. The van der Waals surface area contributed by atoms with Gasteiger partial charge in [-0.1, -0.05) is 60.1 Å². The maximum Gasteiger partial charge on any atom is 0.237 e. The minimum absolute atomic E-state index is 0.0432. The molecule has 0 spiro atoms. The first kappa shape index (κ1) is 24.8. The summed E-state index contributed by atoms with van der Waals surface area (Å²) < 4.78 is 2.08. The number of nitrogens with zero attached hydrogens (tertiary/aromatic N) is 4. The van der Waals surface area contributed by atoms with E-state index < -0.39 is 0 Å². The smallest absolute Gasteiger partial charge is 0.237 e. The number of rotatable bonds is 8. The van der Waals surface area contributed by atoms with Gasteiger partial charge in [0.1, 0.15) is 0 Å². The highest BCUT2D eigenvalue weighted by Gasteiger charge is 2.31. The summed E-state index contributed by atoms with van der Waals surface area (Å²) in [6, 6.07) is 25.7. The number of halogens is 1. The molecule has 0 radical (unpaired) electrons. The lowest BCUT2D eigenvalue weighted by molar-refractivity contribution is -0.127. The molecular formula is C30H28ClN5O. The summed E-state index contributed by atoms with van der Waals surface area (Å²) in [5, 5.41) is 12.9. The van der Waals surface area contributed by atoms with E-state index in [1.807, 2.05) is 60.8 Å². The number of nitrogens with one attached hydrogen (secondary N) is 1. The van der Waals surface area contributed by atoms with E-state index in [0.29, 0.717) is 43.1 Å². The molecule has 1 amide bonds. The highest BCUT2D eigenvalue weighted by atomic mass is 35.5. The topological polar surface area (TPSA) is 74.0 Å². The van der Waals surface area contributed by atoms with Crippen molar-refractivity contribution in [3.05, 3.63) is 124 Å². The fraction of sp³-hybridized carbons (Fsp3) is 0.233. The van der Waals surface area contributed by atoms with Crippen molar-refractivity contribution in [1.82, 2.24) is 19.8 Å². The summed E-state index contributed by atoms with van der Waals surface area (Å²) in [4.78, 5) is 20.0. The molecule has 3 aromatic carbocycles. The Hall–Kier alpha value is -3.92. The minimum atomic E-state index is -0.242. The summed E-state index contributed by atoms with van der Waals surface area (Å²) in [7, 11) is 0. The van der Waals surface area contributed by atoms with Crippen LogP contribution in [0.25, 0.3) is 0 Å². The second-order valence-electron chi connectivity index (χ2n) is 9.38. The molecular weight excluding hydrogens is 482 g/mol. The molecule has 1 aliphatic rings. The molecule has 0 bridgehead atoms. The normalized spacial score (nSPS) is 15.1. The van der Waals surface area contributed by atoms with Crippen LogP contribution in [-0.4, -0.2) is 32.9 Å². The van der Waals surface area contributed by atoms with E-state index in [0.717, 1.165) is 23.4 Å². The van der Waals surface area contributed by atoms with Crippen molar-refractivity contribution < 1.29 is 4.79 Å². The monoisotopic (exact) mass is 509 g/mol. The van der Waals surface area contributed by atoms with Crippen LogP contribution in [-0.2, 0) is 37.3 Å². The molecule has 186 valence electrons. The average molecular weight is 510 g/mol. The molecule has 37 heavy (non-hydrogen) atoms. The Balaban J connectivity index is 1.23. The SMILES string of the molecule is N#Cc1ccc(Cn2cncc2CCNC(=O)[C@@H]2Cc3ccccc3CN2Cc2ccc(Cl)cc2)cc1. The summed E-state index contributed by atoms with van der Waals surface area (Å²) >= 11 is 6.07. The molecule has 1 N–H and O–H groups in total. The number of imidazole rings is 1. The molecule has 7 heteroatoms. The third-order valence-electron chi connectivity index (χ3n) is 6.86. The van der Waals surface area contributed by atoms with Gasteiger partial charge >= 0.3 is 0 Å². The minimum Gasteiger partial charge on any atom is -0.354 e. The zero-order valence-electron chi connectivity index (χ0n) is 20.5. The van der Waals surface area contributed by atoms with Gasteiger partial charge in [-0.15, -0.1) is 0 Å². The van der Waals surface area contributed by atoms with Gasteiger partial charge in [-0.05, 0) is 52.9 Å². The van der Waals surface area contributed by atoms with Gasteiger partial charge in [-0.2, -0.15) is 5.26 Å². The zero-order valence-corrected chi connectivity index (χ0v) is 21.2. The number of hydrogen-bond donors (Lipinski definition) is 1. The largest absolute Gasteiger partial charge is 0.354 e. The van der Waals surface area contributed by atoms with Crippen LogP contribution in [0.4, 0.5) is 0 Å². The van der Waals surface area contributed by atoms with Gasteiger partial charge in [0, 0.05) is 49.5 Å². The van der Waals surface area contributed by atoms with E-state index in [1.54, 1.807) is 6.33 Å². The van der Waals surface area contributed by atoms with Crippen LogP contribution in [0.15, 0.2) is 85.3 Å². The van der Waals surface area contributed by atoms with Gasteiger partial charge < -0.3 is 9.88 Å². The molecule has 0 unspecified atom stereocenters. The number of benzene rings is 3. The lowest BCUT2D eigenvalue weighted by Crippen LogP contribution is -2.50. The Morgan fingerprint density at radius 1 is 1.00 bits per heavy atom. The van der Waals surface area contributed by atoms with Crippen LogP contribution in [0.1, 0.15) is 33.5 Å². The van der Waals surface area contributed by atoms with Crippen molar-refractivity contribution in [2.75, 3.05) is 6.54 Å². The quantitative estimate of drug-likeness (QED) is 0.372. The predicted molar refractivity (Wildman–Crippen MR) is 144 cm³/mol. The summed E-state index contributed by atoms with van der Waals surface area (Å²) in [5.74, 6) is 0.0432. The van der Waals surface area contributed by atoms with E-state index in [9.17, 15) is 4.79 Å². The van der Waals surface area contributed by atoms with Crippen LogP contribution in [0.5, 0.6) is 0 Å². The van der Waals surface area contributed by atoms with Gasteiger partial charge in [0.2, 0.25) is 5.91 Å². The molecule has 1 atom stereocenters. The fourth-order valence-electron chi connectivity index (χ4n) is 4.84. The standard InChI is InChI=1S/C30H28ClN5O/c31-27-11-9-24(10-12-27)18-35-20-26-4-2-1-3-25(26)15-29(35)30(37)34-14-13-28-17-33-21-36(28)19-23-7-5-22(16-32)6-8-23/h1-12,17,21,29H,13-15,18-20H2,(H,34,37)/t29-/m0/s1. The number of carbonyl (C=O) groups excluding carboxylic acids is 1.